The van der Waals surface area contributed by atoms with Gasteiger partial charge in [-0.3, -0.25) is 13.8 Å². The van der Waals surface area contributed by atoms with Crippen molar-refractivity contribution < 1.29 is 28.4 Å². The van der Waals surface area contributed by atoms with Crippen LogP contribution in [0.4, 0.5) is 0 Å². The molecule has 0 aliphatic rings. The van der Waals surface area contributed by atoms with Gasteiger partial charge in [0, 0.05) is 13.0 Å². The Hall–Kier alpha value is -2.58. The normalized spacial score (nSPS) is 15.4. The van der Waals surface area contributed by atoms with E-state index in [1.807, 2.05) is 19.1 Å². The third kappa shape index (κ3) is 33.7. The number of nitrogens with two attached hydrogens (primary N) is 1. The summed E-state index contributed by atoms with van der Waals surface area (Å²) in [5.41, 5.74) is 5.34. The highest BCUT2D eigenvalue weighted by atomic mass is 31.2. The van der Waals surface area contributed by atoms with Crippen LogP contribution in [0.15, 0.2) is 97.2 Å². The van der Waals surface area contributed by atoms with Gasteiger partial charge in [-0.05, 0) is 84.0 Å². The van der Waals surface area contributed by atoms with E-state index in [-0.39, 0.29) is 25.7 Å². The molecule has 5 N–H and O–H groups in total. The average molecular weight is 703 g/mol. The summed E-state index contributed by atoms with van der Waals surface area (Å²) in [7, 11) is -4.35. The second-order valence-electron chi connectivity index (χ2n) is 11.7. The van der Waals surface area contributed by atoms with E-state index >= 15 is 0 Å². The van der Waals surface area contributed by atoms with Crippen LogP contribution in [0.25, 0.3) is 0 Å². The predicted octanol–water partition coefficient (Wildman–Crippen LogP) is 9.66. The summed E-state index contributed by atoms with van der Waals surface area (Å²) in [6.45, 7) is 3.69. The summed E-state index contributed by atoms with van der Waals surface area (Å²) < 4.78 is 21.9. The fourth-order valence-electron chi connectivity index (χ4n) is 4.49. The molecule has 3 unspecified atom stereocenters. The van der Waals surface area contributed by atoms with Crippen molar-refractivity contribution in [3.8, 4) is 0 Å². The Morgan fingerprint density at radius 3 is 1.82 bits per heavy atom. The number of amides is 1. The highest BCUT2D eigenvalue weighted by Crippen LogP contribution is 2.43. The summed E-state index contributed by atoms with van der Waals surface area (Å²) >= 11 is 0. The molecular formula is C40H67N2O6P. The molecule has 1 amide bonds. The maximum Gasteiger partial charge on any atom is 0.472 e. The van der Waals surface area contributed by atoms with Gasteiger partial charge in [-0.15, -0.1) is 0 Å². The molecule has 3 atom stereocenters. The number of allylic oxidation sites excluding steroid dienone is 15. The monoisotopic (exact) mass is 702 g/mol. The molecule has 0 rings (SSSR count). The van der Waals surface area contributed by atoms with E-state index < -0.39 is 20.0 Å². The van der Waals surface area contributed by atoms with E-state index in [2.05, 4.69) is 91.2 Å². The zero-order chi connectivity index (χ0) is 36.1. The Morgan fingerprint density at radius 1 is 0.714 bits per heavy atom. The maximum atomic E-state index is 12.7. The van der Waals surface area contributed by atoms with Gasteiger partial charge in [-0.1, -0.05) is 123 Å². The standard InChI is InChI=1S/C40H67N2O6P/c1-3-5-7-9-11-13-14-15-16-17-18-19-20-21-22-23-24-26-28-30-32-34-40(44)42-38(37-48-49(45,46)47-36-35-41)39(43)33-31-29-27-25-12-10-8-6-4-2/h4-7,11-13,15-16,18-19,21-22,25,31,33,38-39,43H,3,8-10,14,17,20,23-24,26-30,32,34-37,41H2,1-2H3,(H,42,44)(H,45,46)/b6-4+,7-5-,13-11-,16-15-,19-18-,22-21-,25-12+,33-31+. The van der Waals surface area contributed by atoms with Crippen LogP contribution >= 0.6 is 7.82 Å². The minimum atomic E-state index is -4.35. The second kappa shape index (κ2) is 35.3. The number of carbonyl (C=O) groups is 1. The summed E-state index contributed by atoms with van der Waals surface area (Å²) in [6.07, 6.45) is 47.6. The highest BCUT2D eigenvalue weighted by Gasteiger charge is 2.26. The number of unbranched alkanes of at least 4 members (excludes halogenated alkanes) is 7. The van der Waals surface area contributed by atoms with Crippen molar-refractivity contribution in [1.29, 1.82) is 0 Å². The molecule has 0 aliphatic heterocycles. The first-order chi connectivity index (χ1) is 23.9. The molecule has 278 valence electrons. The fraction of sp³-hybridized carbons (Fsp3) is 0.575. The molecule has 0 aliphatic carbocycles. The number of carbonyl (C=O) groups excluding carboxylic acids is 1. The summed E-state index contributed by atoms with van der Waals surface area (Å²) in [4.78, 5) is 22.5. The van der Waals surface area contributed by atoms with E-state index in [1.165, 1.54) is 0 Å². The zero-order valence-corrected chi connectivity index (χ0v) is 31.3. The number of nitrogens with one attached hydrogen (secondary N) is 1. The predicted molar refractivity (Wildman–Crippen MR) is 207 cm³/mol. The molecule has 0 spiro atoms. The van der Waals surface area contributed by atoms with Crippen LogP contribution in [-0.4, -0.2) is 47.8 Å². The van der Waals surface area contributed by atoms with Crippen molar-refractivity contribution >= 4 is 13.7 Å². The Balaban J connectivity index is 4.31. The number of phosphoric acid groups is 1. The van der Waals surface area contributed by atoms with Gasteiger partial charge in [0.1, 0.15) is 0 Å². The number of hydrogen-bond acceptors (Lipinski definition) is 6. The minimum absolute atomic E-state index is 0.0621. The van der Waals surface area contributed by atoms with Crippen LogP contribution in [0.3, 0.4) is 0 Å². The summed E-state index contributed by atoms with van der Waals surface area (Å²) in [5, 5.41) is 13.5. The minimum Gasteiger partial charge on any atom is -0.387 e. The van der Waals surface area contributed by atoms with Crippen molar-refractivity contribution in [3.05, 3.63) is 97.2 Å². The third-order valence-corrected chi connectivity index (χ3v) is 8.20. The van der Waals surface area contributed by atoms with Crippen LogP contribution in [0, 0.1) is 0 Å². The van der Waals surface area contributed by atoms with Crippen molar-refractivity contribution in [2.75, 3.05) is 19.8 Å². The molecule has 8 nitrogen and oxygen atoms in total. The number of hydrogen-bond donors (Lipinski definition) is 4. The summed E-state index contributed by atoms with van der Waals surface area (Å²) in [5.74, 6) is -0.237. The molecule has 49 heavy (non-hydrogen) atoms. The fourth-order valence-corrected chi connectivity index (χ4v) is 5.25. The van der Waals surface area contributed by atoms with Gasteiger partial charge in [0.05, 0.1) is 25.4 Å². The molecule has 0 radical (unpaired) electrons. The molecule has 9 heteroatoms. The quantitative estimate of drug-likeness (QED) is 0.0312. The smallest absolute Gasteiger partial charge is 0.387 e. The second-order valence-corrected chi connectivity index (χ2v) is 13.1. The topological polar surface area (TPSA) is 131 Å². The SMILES string of the molecule is C/C=C/CC/C=C/CC/C=C/C(O)C(COP(=O)(O)OCCN)NC(=O)CCCCCCC/C=C\C/C=C\C/C=C\C/C=C\C/C=C\CC. The van der Waals surface area contributed by atoms with Gasteiger partial charge in [0.2, 0.25) is 5.91 Å². The Labute approximate surface area is 298 Å². The molecule has 0 bridgehead atoms. The lowest BCUT2D eigenvalue weighted by Crippen LogP contribution is -2.45. The first kappa shape index (κ1) is 46.4. The van der Waals surface area contributed by atoms with Crippen molar-refractivity contribution in [1.82, 2.24) is 5.32 Å². The highest BCUT2D eigenvalue weighted by molar-refractivity contribution is 7.47. The lowest BCUT2D eigenvalue weighted by atomic mass is 10.1. The van der Waals surface area contributed by atoms with Crippen molar-refractivity contribution in [2.24, 2.45) is 5.73 Å². The van der Waals surface area contributed by atoms with Crippen LogP contribution < -0.4 is 11.1 Å². The molecule has 0 saturated carbocycles. The lowest BCUT2D eigenvalue weighted by molar-refractivity contribution is -0.123. The van der Waals surface area contributed by atoms with E-state index in [0.29, 0.717) is 6.42 Å². The summed E-state index contributed by atoms with van der Waals surface area (Å²) in [6, 6.07) is -0.898. The molecule has 0 aromatic heterocycles. The zero-order valence-electron chi connectivity index (χ0n) is 30.4. The number of phosphoric ester groups is 1. The maximum absolute atomic E-state index is 12.7. The van der Waals surface area contributed by atoms with E-state index in [1.54, 1.807) is 6.08 Å². The van der Waals surface area contributed by atoms with Crippen LogP contribution in [0.5, 0.6) is 0 Å². The van der Waals surface area contributed by atoms with Gasteiger partial charge < -0.3 is 21.1 Å². The third-order valence-electron chi connectivity index (χ3n) is 7.22. The average Bonchev–Trinajstić information content (AvgIpc) is 3.09. The van der Waals surface area contributed by atoms with Crippen LogP contribution in [0.2, 0.25) is 0 Å². The molecule has 0 aromatic rings. The molecular weight excluding hydrogens is 635 g/mol. The number of aliphatic hydroxyl groups excluding tert-OH is 1. The molecule has 0 fully saturated rings. The van der Waals surface area contributed by atoms with Gasteiger partial charge in [0.25, 0.3) is 0 Å². The van der Waals surface area contributed by atoms with E-state index in [4.69, 9.17) is 14.8 Å². The Kier molecular flexibility index (Phi) is 33.4. The molecule has 0 saturated heterocycles. The van der Waals surface area contributed by atoms with E-state index in [9.17, 15) is 19.4 Å². The number of rotatable bonds is 32. The van der Waals surface area contributed by atoms with Gasteiger partial charge in [-0.2, -0.15) is 0 Å². The van der Waals surface area contributed by atoms with Crippen molar-refractivity contribution in [3.63, 3.8) is 0 Å². The van der Waals surface area contributed by atoms with E-state index in [0.717, 1.165) is 96.3 Å². The Bertz CT molecular complexity index is 1080. The lowest BCUT2D eigenvalue weighted by Gasteiger charge is -2.23. The first-order valence-electron chi connectivity index (χ1n) is 18.3. The van der Waals surface area contributed by atoms with Gasteiger partial charge >= 0.3 is 7.82 Å². The number of aliphatic hydroxyl groups is 1. The molecule has 0 aromatic carbocycles. The Morgan fingerprint density at radius 2 is 1.22 bits per heavy atom. The van der Waals surface area contributed by atoms with Crippen molar-refractivity contribution in [2.45, 2.75) is 129 Å². The largest absolute Gasteiger partial charge is 0.472 e. The first-order valence-corrected chi connectivity index (χ1v) is 19.8. The van der Waals surface area contributed by atoms with Crippen LogP contribution in [-0.2, 0) is 18.4 Å². The van der Waals surface area contributed by atoms with Gasteiger partial charge in [-0.25, -0.2) is 4.57 Å². The molecule has 0 heterocycles. The van der Waals surface area contributed by atoms with Gasteiger partial charge in [0.15, 0.2) is 0 Å². The van der Waals surface area contributed by atoms with Crippen LogP contribution in [0.1, 0.15) is 117 Å².